The summed E-state index contributed by atoms with van der Waals surface area (Å²) in [5.41, 5.74) is 0.774. The Morgan fingerprint density at radius 3 is 2.27 bits per heavy atom. The molecule has 140 valence electrons. The molecule has 0 aliphatic heterocycles. The smallest absolute Gasteiger partial charge is 0.303 e. The molecule has 0 aromatic heterocycles. The lowest BCUT2D eigenvalue weighted by Crippen LogP contribution is -2.10. The summed E-state index contributed by atoms with van der Waals surface area (Å²) < 4.78 is 21.7. The van der Waals surface area contributed by atoms with E-state index in [2.05, 4.69) is 0 Å². The number of aryl methyl sites for hydroxylation is 1. The predicted octanol–water partition coefficient (Wildman–Crippen LogP) is 3.83. The SMILES string of the molecule is COc1ccc(OCCOc2c(Cl)cc(CCC(=O)O)cc2OC)cc1. The Balaban J connectivity index is 1.92. The van der Waals surface area contributed by atoms with Crippen LogP contribution in [-0.4, -0.2) is 38.5 Å². The number of carboxylic acids is 1. The van der Waals surface area contributed by atoms with E-state index >= 15 is 0 Å². The zero-order valence-electron chi connectivity index (χ0n) is 14.7. The molecule has 1 N–H and O–H groups in total. The molecule has 7 heteroatoms. The molecule has 0 bridgehead atoms. The van der Waals surface area contributed by atoms with Crippen molar-refractivity contribution < 1.29 is 28.8 Å². The number of ether oxygens (including phenoxy) is 4. The van der Waals surface area contributed by atoms with Gasteiger partial charge in [-0.05, 0) is 48.4 Å². The highest BCUT2D eigenvalue weighted by Crippen LogP contribution is 2.36. The monoisotopic (exact) mass is 380 g/mol. The van der Waals surface area contributed by atoms with Crippen molar-refractivity contribution in [1.82, 2.24) is 0 Å². The normalized spacial score (nSPS) is 10.3. The minimum Gasteiger partial charge on any atom is -0.497 e. The van der Waals surface area contributed by atoms with Crippen LogP contribution in [0, 0.1) is 0 Å². The van der Waals surface area contributed by atoms with Crippen molar-refractivity contribution in [1.29, 1.82) is 0 Å². The Kier molecular flexibility index (Phi) is 7.41. The number of rotatable bonds is 10. The first-order valence-corrected chi connectivity index (χ1v) is 8.39. The van der Waals surface area contributed by atoms with Crippen molar-refractivity contribution in [2.24, 2.45) is 0 Å². The van der Waals surface area contributed by atoms with Crippen LogP contribution in [0.1, 0.15) is 12.0 Å². The van der Waals surface area contributed by atoms with Gasteiger partial charge in [0.25, 0.3) is 0 Å². The summed E-state index contributed by atoms with van der Waals surface area (Å²) in [7, 11) is 3.11. The van der Waals surface area contributed by atoms with Crippen molar-refractivity contribution in [2.45, 2.75) is 12.8 Å². The second-order valence-electron chi connectivity index (χ2n) is 5.38. The summed E-state index contributed by atoms with van der Waals surface area (Å²) in [6, 6.07) is 10.7. The Morgan fingerprint density at radius 2 is 1.65 bits per heavy atom. The molecule has 0 saturated carbocycles. The predicted molar refractivity (Wildman–Crippen MR) is 97.9 cm³/mol. The molecular formula is C19H21ClO6. The largest absolute Gasteiger partial charge is 0.497 e. The molecule has 0 heterocycles. The number of benzene rings is 2. The average molecular weight is 381 g/mol. The first-order valence-electron chi connectivity index (χ1n) is 8.01. The van der Waals surface area contributed by atoms with Crippen molar-refractivity contribution in [2.75, 3.05) is 27.4 Å². The second-order valence-corrected chi connectivity index (χ2v) is 5.78. The average Bonchev–Trinajstić information content (AvgIpc) is 2.64. The number of methoxy groups -OCH3 is 2. The first-order chi connectivity index (χ1) is 12.5. The van der Waals surface area contributed by atoms with Gasteiger partial charge in [-0.2, -0.15) is 0 Å². The maximum absolute atomic E-state index is 10.7. The second kappa shape index (κ2) is 9.77. The molecule has 6 nitrogen and oxygen atoms in total. The van der Waals surface area contributed by atoms with Crippen molar-refractivity contribution in [3.05, 3.63) is 47.0 Å². The van der Waals surface area contributed by atoms with Gasteiger partial charge in [0.05, 0.1) is 19.2 Å². The van der Waals surface area contributed by atoms with E-state index in [4.69, 9.17) is 35.7 Å². The van der Waals surface area contributed by atoms with Crippen LogP contribution in [0.15, 0.2) is 36.4 Å². The van der Waals surface area contributed by atoms with Gasteiger partial charge in [-0.25, -0.2) is 0 Å². The van der Waals surface area contributed by atoms with Crippen LogP contribution in [-0.2, 0) is 11.2 Å². The quantitative estimate of drug-likeness (QED) is 0.631. The van der Waals surface area contributed by atoms with E-state index in [1.54, 1.807) is 19.2 Å². The summed E-state index contributed by atoms with van der Waals surface area (Å²) in [4.78, 5) is 10.7. The van der Waals surface area contributed by atoms with Gasteiger partial charge < -0.3 is 24.1 Å². The molecule has 2 aromatic rings. The maximum Gasteiger partial charge on any atom is 0.303 e. The molecule has 0 aliphatic carbocycles. The summed E-state index contributed by atoms with van der Waals surface area (Å²) in [5.74, 6) is 1.47. The summed E-state index contributed by atoms with van der Waals surface area (Å²) in [6.45, 7) is 0.600. The Labute approximate surface area is 157 Å². The standard InChI is InChI=1S/C19H21ClO6/c1-23-14-4-6-15(7-5-14)25-9-10-26-19-16(20)11-13(3-8-18(21)22)12-17(19)24-2/h4-7,11-12H,3,8-10H2,1-2H3,(H,21,22). The fraction of sp³-hybridized carbons (Fsp3) is 0.316. The van der Waals surface area contributed by atoms with Crippen LogP contribution in [0.5, 0.6) is 23.0 Å². The molecule has 0 amide bonds. The molecule has 0 fully saturated rings. The van der Waals surface area contributed by atoms with Gasteiger partial charge >= 0.3 is 5.97 Å². The Bertz CT molecular complexity index is 730. The van der Waals surface area contributed by atoms with Crippen molar-refractivity contribution >= 4 is 17.6 Å². The van der Waals surface area contributed by atoms with Crippen LogP contribution >= 0.6 is 11.6 Å². The van der Waals surface area contributed by atoms with E-state index in [1.807, 2.05) is 24.3 Å². The molecule has 0 aliphatic rings. The van der Waals surface area contributed by atoms with Crippen LogP contribution < -0.4 is 18.9 Å². The van der Waals surface area contributed by atoms with Crippen LogP contribution in [0.2, 0.25) is 5.02 Å². The Morgan fingerprint density at radius 1 is 1.00 bits per heavy atom. The lowest BCUT2D eigenvalue weighted by molar-refractivity contribution is -0.136. The molecule has 26 heavy (non-hydrogen) atoms. The van der Waals surface area contributed by atoms with E-state index in [0.717, 1.165) is 11.3 Å². The zero-order valence-corrected chi connectivity index (χ0v) is 15.4. The van der Waals surface area contributed by atoms with Gasteiger partial charge in [-0.15, -0.1) is 0 Å². The highest BCUT2D eigenvalue weighted by molar-refractivity contribution is 6.32. The molecule has 0 atom stereocenters. The number of carbonyl (C=O) groups is 1. The number of halogens is 1. The van der Waals surface area contributed by atoms with Crippen LogP contribution in [0.25, 0.3) is 0 Å². The first kappa shape index (κ1) is 19.7. The summed E-state index contributed by atoms with van der Waals surface area (Å²) >= 11 is 6.25. The number of hydrogen-bond acceptors (Lipinski definition) is 5. The summed E-state index contributed by atoms with van der Waals surface area (Å²) in [5, 5.41) is 9.15. The third-order valence-corrected chi connectivity index (χ3v) is 3.86. The van der Waals surface area contributed by atoms with Crippen molar-refractivity contribution in [3.63, 3.8) is 0 Å². The molecule has 0 saturated heterocycles. The topological polar surface area (TPSA) is 74.2 Å². The van der Waals surface area contributed by atoms with E-state index in [0.29, 0.717) is 35.3 Å². The van der Waals surface area contributed by atoms with E-state index in [9.17, 15) is 4.79 Å². The van der Waals surface area contributed by atoms with Crippen LogP contribution in [0.4, 0.5) is 0 Å². The lowest BCUT2D eigenvalue weighted by atomic mass is 10.1. The van der Waals surface area contributed by atoms with Gasteiger partial charge in [0.2, 0.25) is 0 Å². The van der Waals surface area contributed by atoms with Gasteiger partial charge in [0, 0.05) is 6.42 Å². The van der Waals surface area contributed by atoms with E-state index in [1.165, 1.54) is 7.11 Å². The molecule has 2 rings (SSSR count). The van der Waals surface area contributed by atoms with E-state index < -0.39 is 5.97 Å². The molecule has 0 unspecified atom stereocenters. The highest BCUT2D eigenvalue weighted by atomic mass is 35.5. The molecule has 2 aromatic carbocycles. The maximum atomic E-state index is 10.7. The minimum atomic E-state index is -0.865. The third-order valence-electron chi connectivity index (χ3n) is 3.57. The number of hydrogen-bond donors (Lipinski definition) is 1. The van der Waals surface area contributed by atoms with Gasteiger partial charge in [0.1, 0.15) is 24.7 Å². The van der Waals surface area contributed by atoms with Gasteiger partial charge in [-0.1, -0.05) is 11.6 Å². The lowest BCUT2D eigenvalue weighted by Gasteiger charge is -2.14. The summed E-state index contributed by atoms with van der Waals surface area (Å²) in [6.07, 6.45) is 0.391. The fourth-order valence-electron chi connectivity index (χ4n) is 2.28. The molecule has 0 radical (unpaired) electrons. The van der Waals surface area contributed by atoms with E-state index in [-0.39, 0.29) is 13.0 Å². The number of carboxylic acid groups (broad SMARTS) is 1. The van der Waals surface area contributed by atoms with Gasteiger partial charge in [0.15, 0.2) is 11.5 Å². The third kappa shape index (κ3) is 5.74. The Hall–Kier alpha value is -2.60. The minimum absolute atomic E-state index is 0.0232. The van der Waals surface area contributed by atoms with Crippen molar-refractivity contribution in [3.8, 4) is 23.0 Å². The highest BCUT2D eigenvalue weighted by Gasteiger charge is 2.13. The van der Waals surface area contributed by atoms with Gasteiger partial charge in [-0.3, -0.25) is 4.79 Å². The molecule has 0 spiro atoms. The molecular weight excluding hydrogens is 360 g/mol. The van der Waals surface area contributed by atoms with Crippen LogP contribution in [0.3, 0.4) is 0 Å². The number of aliphatic carboxylic acids is 1. The zero-order chi connectivity index (χ0) is 18.9. The fourth-order valence-corrected chi connectivity index (χ4v) is 2.57.